The van der Waals surface area contributed by atoms with Crippen LogP contribution in [0.15, 0.2) is 64.9 Å². The average molecular weight is 377 g/mol. The van der Waals surface area contributed by atoms with Gasteiger partial charge in [0.05, 0.1) is 5.69 Å². The van der Waals surface area contributed by atoms with E-state index in [1.54, 1.807) is 30.3 Å². The molecule has 28 heavy (non-hydrogen) atoms. The molecule has 2 aliphatic rings. The molecule has 0 aliphatic carbocycles. The van der Waals surface area contributed by atoms with Gasteiger partial charge < -0.3 is 5.32 Å². The van der Waals surface area contributed by atoms with E-state index < -0.39 is 23.9 Å². The average Bonchev–Trinajstić information content (AvgIpc) is 3.22. The van der Waals surface area contributed by atoms with Crippen LogP contribution in [0.2, 0.25) is 0 Å². The molecule has 0 radical (unpaired) electrons. The molecule has 8 nitrogen and oxygen atoms in total. The van der Waals surface area contributed by atoms with Crippen molar-refractivity contribution in [3.63, 3.8) is 0 Å². The summed E-state index contributed by atoms with van der Waals surface area (Å²) in [5.74, 6) is -1.17. The summed E-state index contributed by atoms with van der Waals surface area (Å²) < 4.78 is 0. The number of para-hydroxylation sites is 2. The molecule has 0 saturated carbocycles. The first kappa shape index (κ1) is 17.8. The minimum absolute atomic E-state index is 0.162. The number of nitrogens with zero attached hydrogens (tertiary/aromatic N) is 4. The Kier molecular flexibility index (Phi) is 4.60. The van der Waals surface area contributed by atoms with Crippen LogP contribution in [0.5, 0.6) is 0 Å². The van der Waals surface area contributed by atoms with Crippen molar-refractivity contribution in [3.05, 3.63) is 60.2 Å². The first-order valence-electron chi connectivity index (χ1n) is 9.08. The number of anilines is 2. The van der Waals surface area contributed by atoms with E-state index in [4.69, 9.17) is 0 Å². The second kappa shape index (κ2) is 7.22. The van der Waals surface area contributed by atoms with E-state index in [0.29, 0.717) is 5.69 Å². The highest BCUT2D eigenvalue weighted by Gasteiger charge is 2.55. The molecule has 2 heterocycles. The van der Waals surface area contributed by atoms with Gasteiger partial charge in [-0.2, -0.15) is 5.11 Å². The predicted octanol–water partition coefficient (Wildman–Crippen LogP) is 2.18. The quantitative estimate of drug-likeness (QED) is 0.808. The number of hydrogen-bond acceptors (Lipinski definition) is 6. The minimum Gasteiger partial charge on any atom is -0.324 e. The Morgan fingerprint density at radius 3 is 2.50 bits per heavy atom. The molecule has 2 atom stereocenters. The largest absolute Gasteiger partial charge is 0.324 e. The topological polar surface area (TPSA) is 94.4 Å². The van der Waals surface area contributed by atoms with E-state index in [1.807, 2.05) is 31.2 Å². The Hall–Kier alpha value is -3.55. The summed E-state index contributed by atoms with van der Waals surface area (Å²) in [7, 11) is 0. The molecule has 0 unspecified atom stereocenters. The maximum absolute atomic E-state index is 12.9. The number of rotatable bonds is 5. The van der Waals surface area contributed by atoms with Crippen molar-refractivity contribution in [1.82, 2.24) is 5.01 Å². The SMILES string of the molecule is CCc1ccccc1NC(=O)CN1N=N[C@H]2C(=O)N(c3ccccc3)C(=O)[C@H]21. The molecular weight excluding hydrogens is 358 g/mol. The van der Waals surface area contributed by atoms with Gasteiger partial charge in [0.25, 0.3) is 11.8 Å². The van der Waals surface area contributed by atoms with Gasteiger partial charge in [0, 0.05) is 5.69 Å². The number of amides is 3. The van der Waals surface area contributed by atoms with E-state index in [2.05, 4.69) is 15.7 Å². The number of hydrogen-bond donors (Lipinski definition) is 1. The summed E-state index contributed by atoms with van der Waals surface area (Å²) in [5.41, 5.74) is 2.23. The van der Waals surface area contributed by atoms with Gasteiger partial charge in [0.2, 0.25) is 5.91 Å². The van der Waals surface area contributed by atoms with Gasteiger partial charge in [-0.3, -0.25) is 19.4 Å². The highest BCUT2D eigenvalue weighted by atomic mass is 16.2. The van der Waals surface area contributed by atoms with Gasteiger partial charge in [0.15, 0.2) is 12.1 Å². The molecule has 0 bridgehead atoms. The Morgan fingerprint density at radius 1 is 1.04 bits per heavy atom. The van der Waals surface area contributed by atoms with E-state index >= 15 is 0 Å². The highest BCUT2D eigenvalue weighted by molar-refractivity contribution is 6.25. The van der Waals surface area contributed by atoms with Crippen LogP contribution in [0, 0.1) is 0 Å². The molecular formula is C20H19N5O3. The summed E-state index contributed by atoms with van der Waals surface area (Å²) in [6.07, 6.45) is 0.781. The Balaban J connectivity index is 1.49. The monoisotopic (exact) mass is 377 g/mol. The maximum Gasteiger partial charge on any atom is 0.263 e. The van der Waals surface area contributed by atoms with Crippen molar-refractivity contribution in [2.75, 3.05) is 16.8 Å². The zero-order chi connectivity index (χ0) is 19.7. The lowest BCUT2D eigenvalue weighted by Crippen LogP contribution is -2.43. The number of benzene rings is 2. The van der Waals surface area contributed by atoms with Crippen LogP contribution < -0.4 is 10.2 Å². The number of imide groups is 1. The molecule has 0 aromatic heterocycles. The lowest BCUT2D eigenvalue weighted by atomic mass is 10.1. The van der Waals surface area contributed by atoms with Crippen molar-refractivity contribution in [3.8, 4) is 0 Å². The van der Waals surface area contributed by atoms with E-state index in [-0.39, 0.29) is 12.5 Å². The molecule has 0 spiro atoms. The van der Waals surface area contributed by atoms with Crippen molar-refractivity contribution in [2.24, 2.45) is 10.3 Å². The van der Waals surface area contributed by atoms with E-state index in [9.17, 15) is 14.4 Å². The molecule has 4 rings (SSSR count). The van der Waals surface area contributed by atoms with Gasteiger partial charge in [-0.1, -0.05) is 48.5 Å². The molecule has 1 fully saturated rings. The zero-order valence-corrected chi connectivity index (χ0v) is 15.3. The number of carbonyl (C=O) groups excluding carboxylic acids is 3. The fourth-order valence-corrected chi connectivity index (χ4v) is 3.47. The van der Waals surface area contributed by atoms with Gasteiger partial charge in [-0.05, 0) is 30.2 Å². The maximum atomic E-state index is 12.9. The molecule has 142 valence electrons. The second-order valence-corrected chi connectivity index (χ2v) is 6.60. The first-order valence-corrected chi connectivity index (χ1v) is 9.08. The smallest absolute Gasteiger partial charge is 0.263 e. The summed E-state index contributed by atoms with van der Waals surface area (Å²) in [6, 6.07) is 14.4. The summed E-state index contributed by atoms with van der Waals surface area (Å²) in [4.78, 5) is 39.1. The lowest BCUT2D eigenvalue weighted by molar-refractivity contribution is -0.123. The molecule has 2 aliphatic heterocycles. The predicted molar refractivity (Wildman–Crippen MR) is 103 cm³/mol. The van der Waals surface area contributed by atoms with Crippen molar-refractivity contribution >= 4 is 29.1 Å². The summed E-state index contributed by atoms with van der Waals surface area (Å²) in [6.45, 7) is 1.84. The fourth-order valence-electron chi connectivity index (χ4n) is 3.47. The van der Waals surface area contributed by atoms with Crippen LogP contribution >= 0.6 is 0 Å². The van der Waals surface area contributed by atoms with Crippen molar-refractivity contribution in [2.45, 2.75) is 25.4 Å². The molecule has 1 N–H and O–H groups in total. The Morgan fingerprint density at radius 2 is 1.75 bits per heavy atom. The first-order chi connectivity index (χ1) is 13.6. The number of fused-ring (bicyclic) bond motifs is 1. The molecule has 3 amide bonds. The normalized spacial score (nSPS) is 20.6. The number of aryl methyl sites for hydroxylation is 1. The lowest BCUT2D eigenvalue weighted by Gasteiger charge is -2.20. The van der Waals surface area contributed by atoms with Crippen LogP contribution in [0.1, 0.15) is 12.5 Å². The molecule has 8 heteroatoms. The van der Waals surface area contributed by atoms with Crippen LogP contribution in [0.4, 0.5) is 11.4 Å². The molecule has 2 aromatic rings. The minimum atomic E-state index is -0.913. The van der Waals surface area contributed by atoms with Crippen molar-refractivity contribution in [1.29, 1.82) is 0 Å². The van der Waals surface area contributed by atoms with E-state index in [0.717, 1.165) is 22.6 Å². The van der Waals surface area contributed by atoms with E-state index in [1.165, 1.54) is 5.01 Å². The number of nitrogens with one attached hydrogen (secondary N) is 1. The highest BCUT2D eigenvalue weighted by Crippen LogP contribution is 2.31. The van der Waals surface area contributed by atoms with Crippen LogP contribution in [-0.4, -0.2) is 41.4 Å². The van der Waals surface area contributed by atoms with Gasteiger partial charge >= 0.3 is 0 Å². The zero-order valence-electron chi connectivity index (χ0n) is 15.3. The Labute approximate surface area is 161 Å². The third kappa shape index (κ3) is 3.02. The van der Waals surface area contributed by atoms with Gasteiger partial charge in [0.1, 0.15) is 6.54 Å². The second-order valence-electron chi connectivity index (χ2n) is 6.60. The summed E-state index contributed by atoms with van der Waals surface area (Å²) in [5, 5.41) is 12.0. The molecule has 1 saturated heterocycles. The van der Waals surface area contributed by atoms with Crippen LogP contribution in [0.25, 0.3) is 0 Å². The van der Waals surface area contributed by atoms with Crippen LogP contribution in [-0.2, 0) is 20.8 Å². The molecule has 2 aromatic carbocycles. The third-order valence-corrected chi connectivity index (χ3v) is 4.85. The van der Waals surface area contributed by atoms with Gasteiger partial charge in [-0.15, -0.1) is 0 Å². The third-order valence-electron chi connectivity index (χ3n) is 4.85. The Bertz CT molecular complexity index is 959. The summed E-state index contributed by atoms with van der Waals surface area (Å²) >= 11 is 0. The van der Waals surface area contributed by atoms with Gasteiger partial charge in [-0.25, -0.2) is 4.90 Å². The van der Waals surface area contributed by atoms with Crippen LogP contribution in [0.3, 0.4) is 0 Å². The number of carbonyl (C=O) groups is 3. The standard InChI is InChI=1S/C20H19N5O3/c1-2-13-8-6-7-11-15(13)21-16(26)12-24-18-17(22-23-24)19(27)25(20(18)28)14-9-4-3-5-10-14/h3-11,17-18H,2,12H2,1H3,(H,21,26)/t17-,18+/m1/s1. The fraction of sp³-hybridized carbons (Fsp3) is 0.250. The van der Waals surface area contributed by atoms with Crippen molar-refractivity contribution < 1.29 is 14.4 Å².